The SMILES string of the molecule is COC(C)CNc1cc(CNC2CC2)c2ccccc2n1. The van der Waals surface area contributed by atoms with Crippen LogP contribution in [0.2, 0.25) is 0 Å². The number of rotatable bonds is 7. The van der Waals surface area contributed by atoms with Crippen LogP contribution in [0.1, 0.15) is 25.3 Å². The molecule has 0 spiro atoms. The molecule has 1 atom stereocenters. The minimum absolute atomic E-state index is 0.173. The lowest BCUT2D eigenvalue weighted by Gasteiger charge is -2.14. The Hall–Kier alpha value is -1.65. The first-order chi connectivity index (χ1) is 10.3. The first kappa shape index (κ1) is 14.3. The number of nitrogens with one attached hydrogen (secondary N) is 2. The zero-order valence-corrected chi connectivity index (χ0v) is 12.7. The molecule has 0 aliphatic heterocycles. The highest BCUT2D eigenvalue weighted by Gasteiger charge is 2.20. The van der Waals surface area contributed by atoms with E-state index >= 15 is 0 Å². The zero-order valence-electron chi connectivity index (χ0n) is 12.7. The lowest BCUT2D eigenvalue weighted by molar-refractivity contribution is 0.128. The topological polar surface area (TPSA) is 46.2 Å². The predicted molar refractivity (Wildman–Crippen MR) is 86.6 cm³/mol. The van der Waals surface area contributed by atoms with E-state index in [1.165, 1.54) is 23.8 Å². The first-order valence-electron chi connectivity index (χ1n) is 7.65. The van der Waals surface area contributed by atoms with Gasteiger partial charge in [0.2, 0.25) is 0 Å². The molecule has 1 unspecified atom stereocenters. The fourth-order valence-electron chi connectivity index (χ4n) is 2.36. The van der Waals surface area contributed by atoms with Crippen LogP contribution in [0.4, 0.5) is 5.82 Å². The second kappa shape index (κ2) is 6.41. The van der Waals surface area contributed by atoms with Crippen molar-refractivity contribution in [3.8, 4) is 0 Å². The van der Waals surface area contributed by atoms with E-state index in [4.69, 9.17) is 9.72 Å². The van der Waals surface area contributed by atoms with Crippen molar-refractivity contribution < 1.29 is 4.74 Å². The number of fused-ring (bicyclic) bond motifs is 1. The Morgan fingerprint density at radius 1 is 1.33 bits per heavy atom. The number of aromatic nitrogens is 1. The Balaban J connectivity index is 1.82. The average molecular weight is 285 g/mol. The normalized spacial score (nSPS) is 16.1. The number of hydrogen-bond acceptors (Lipinski definition) is 4. The van der Waals surface area contributed by atoms with E-state index in [-0.39, 0.29) is 6.10 Å². The van der Waals surface area contributed by atoms with Crippen LogP contribution in [-0.4, -0.2) is 30.8 Å². The van der Waals surface area contributed by atoms with Crippen molar-refractivity contribution in [3.05, 3.63) is 35.9 Å². The molecule has 1 fully saturated rings. The lowest BCUT2D eigenvalue weighted by Crippen LogP contribution is -2.19. The van der Waals surface area contributed by atoms with Crippen molar-refractivity contribution >= 4 is 16.7 Å². The number of anilines is 1. The van der Waals surface area contributed by atoms with Crippen LogP contribution in [0.15, 0.2) is 30.3 Å². The molecule has 112 valence electrons. The molecule has 0 radical (unpaired) electrons. The number of nitrogens with zero attached hydrogens (tertiary/aromatic N) is 1. The summed E-state index contributed by atoms with van der Waals surface area (Å²) in [5, 5.41) is 8.19. The van der Waals surface area contributed by atoms with Gasteiger partial charge in [-0.15, -0.1) is 0 Å². The van der Waals surface area contributed by atoms with Crippen LogP contribution in [-0.2, 0) is 11.3 Å². The molecule has 0 saturated heterocycles. The summed E-state index contributed by atoms with van der Waals surface area (Å²) in [6.45, 7) is 3.71. The van der Waals surface area contributed by atoms with Gasteiger partial charge in [0.05, 0.1) is 11.6 Å². The van der Waals surface area contributed by atoms with Crippen LogP contribution in [0.3, 0.4) is 0 Å². The van der Waals surface area contributed by atoms with Crippen molar-refractivity contribution in [2.45, 2.75) is 38.5 Å². The Kier molecular flexibility index (Phi) is 4.36. The van der Waals surface area contributed by atoms with Crippen LogP contribution in [0.25, 0.3) is 10.9 Å². The van der Waals surface area contributed by atoms with Crippen LogP contribution in [0.5, 0.6) is 0 Å². The lowest BCUT2D eigenvalue weighted by atomic mass is 10.1. The molecule has 4 nitrogen and oxygen atoms in total. The highest BCUT2D eigenvalue weighted by molar-refractivity contribution is 5.84. The Morgan fingerprint density at radius 3 is 2.90 bits per heavy atom. The van der Waals surface area contributed by atoms with E-state index in [2.05, 4.69) is 34.9 Å². The molecule has 1 aliphatic carbocycles. The van der Waals surface area contributed by atoms with Gasteiger partial charge in [0.15, 0.2) is 0 Å². The molecule has 2 aromatic rings. The van der Waals surface area contributed by atoms with Gasteiger partial charge in [0.1, 0.15) is 5.82 Å². The predicted octanol–water partition coefficient (Wildman–Crippen LogP) is 2.93. The smallest absolute Gasteiger partial charge is 0.127 e. The third-order valence-corrected chi connectivity index (χ3v) is 3.93. The Bertz CT molecular complexity index is 610. The summed E-state index contributed by atoms with van der Waals surface area (Å²) >= 11 is 0. The van der Waals surface area contributed by atoms with E-state index in [0.29, 0.717) is 6.04 Å². The van der Waals surface area contributed by atoms with Crippen LogP contribution < -0.4 is 10.6 Å². The number of ether oxygens (including phenoxy) is 1. The highest BCUT2D eigenvalue weighted by Crippen LogP contribution is 2.23. The van der Waals surface area contributed by atoms with Gasteiger partial charge in [-0.05, 0) is 37.5 Å². The molecule has 1 saturated carbocycles. The third-order valence-electron chi connectivity index (χ3n) is 3.93. The van der Waals surface area contributed by atoms with Crippen molar-refractivity contribution in [3.63, 3.8) is 0 Å². The summed E-state index contributed by atoms with van der Waals surface area (Å²) in [5.74, 6) is 0.921. The summed E-state index contributed by atoms with van der Waals surface area (Å²) in [7, 11) is 1.73. The van der Waals surface area contributed by atoms with Gasteiger partial charge in [-0.25, -0.2) is 4.98 Å². The molecule has 3 rings (SSSR count). The fourth-order valence-corrected chi connectivity index (χ4v) is 2.36. The number of methoxy groups -OCH3 is 1. The summed E-state index contributed by atoms with van der Waals surface area (Å²) in [6.07, 6.45) is 2.78. The molecular formula is C17H23N3O. The molecule has 1 heterocycles. The summed E-state index contributed by atoms with van der Waals surface area (Å²) in [6, 6.07) is 11.2. The van der Waals surface area contributed by atoms with Gasteiger partial charge in [-0.1, -0.05) is 18.2 Å². The Labute approximate surface area is 125 Å². The number of pyridine rings is 1. The maximum atomic E-state index is 5.27. The van der Waals surface area contributed by atoms with E-state index in [9.17, 15) is 0 Å². The monoisotopic (exact) mass is 285 g/mol. The maximum absolute atomic E-state index is 5.27. The largest absolute Gasteiger partial charge is 0.380 e. The number of benzene rings is 1. The van der Waals surface area contributed by atoms with Crippen molar-refractivity contribution in [2.75, 3.05) is 19.0 Å². The van der Waals surface area contributed by atoms with Gasteiger partial charge in [0.25, 0.3) is 0 Å². The second-order valence-corrected chi connectivity index (χ2v) is 5.77. The average Bonchev–Trinajstić information content (AvgIpc) is 3.34. The van der Waals surface area contributed by atoms with E-state index in [1.807, 2.05) is 13.0 Å². The molecule has 1 aliphatic rings. The number of hydrogen-bond donors (Lipinski definition) is 2. The van der Waals surface area contributed by atoms with Gasteiger partial charge >= 0.3 is 0 Å². The quantitative estimate of drug-likeness (QED) is 0.821. The van der Waals surface area contributed by atoms with Gasteiger partial charge in [-0.2, -0.15) is 0 Å². The number of para-hydroxylation sites is 1. The zero-order chi connectivity index (χ0) is 14.7. The molecule has 4 heteroatoms. The summed E-state index contributed by atoms with van der Waals surface area (Å²) < 4.78 is 5.27. The summed E-state index contributed by atoms with van der Waals surface area (Å²) in [4.78, 5) is 4.69. The molecule has 1 aromatic heterocycles. The van der Waals surface area contributed by atoms with E-state index in [0.717, 1.165) is 24.4 Å². The van der Waals surface area contributed by atoms with Gasteiger partial charge in [0, 0.05) is 31.6 Å². The molecule has 1 aromatic carbocycles. The molecule has 2 N–H and O–H groups in total. The third kappa shape index (κ3) is 3.71. The second-order valence-electron chi connectivity index (χ2n) is 5.77. The minimum Gasteiger partial charge on any atom is -0.380 e. The maximum Gasteiger partial charge on any atom is 0.127 e. The van der Waals surface area contributed by atoms with Crippen molar-refractivity contribution in [1.29, 1.82) is 0 Å². The van der Waals surface area contributed by atoms with Gasteiger partial charge in [-0.3, -0.25) is 0 Å². The first-order valence-corrected chi connectivity index (χ1v) is 7.65. The Morgan fingerprint density at radius 2 is 2.14 bits per heavy atom. The fraction of sp³-hybridized carbons (Fsp3) is 0.471. The summed E-state index contributed by atoms with van der Waals surface area (Å²) in [5.41, 5.74) is 2.35. The standard InChI is InChI=1S/C17H23N3O/c1-12(21-2)10-19-17-9-13(11-18-14-7-8-14)15-5-3-4-6-16(15)20-17/h3-6,9,12,14,18H,7-8,10-11H2,1-2H3,(H,19,20). The minimum atomic E-state index is 0.173. The molecule has 0 bridgehead atoms. The van der Waals surface area contributed by atoms with Crippen molar-refractivity contribution in [2.24, 2.45) is 0 Å². The molecule has 0 amide bonds. The van der Waals surface area contributed by atoms with E-state index < -0.39 is 0 Å². The van der Waals surface area contributed by atoms with Crippen molar-refractivity contribution in [1.82, 2.24) is 10.3 Å². The van der Waals surface area contributed by atoms with Crippen LogP contribution in [0, 0.1) is 0 Å². The highest BCUT2D eigenvalue weighted by atomic mass is 16.5. The van der Waals surface area contributed by atoms with E-state index in [1.54, 1.807) is 7.11 Å². The van der Waals surface area contributed by atoms with Crippen LogP contribution >= 0.6 is 0 Å². The molecule has 21 heavy (non-hydrogen) atoms. The molecular weight excluding hydrogens is 262 g/mol. The van der Waals surface area contributed by atoms with Gasteiger partial charge < -0.3 is 15.4 Å².